The number of piperidine rings is 1. The second-order valence-electron chi connectivity index (χ2n) is 6.01. The average molecular weight is 294 g/mol. The second-order valence-corrected chi connectivity index (χ2v) is 6.01. The molecule has 0 bridgehead atoms. The number of aromatic nitrogens is 1. The summed E-state index contributed by atoms with van der Waals surface area (Å²) in [5.74, 6) is 0.311. The number of H-pyrrole nitrogens is 1. The van der Waals surface area contributed by atoms with Crippen molar-refractivity contribution in [2.24, 2.45) is 0 Å². The molecule has 1 unspecified atom stereocenters. The SMILES string of the molecule is Fc1ccc(-c2[nH]c3ccccc3c2C2CCCNC2)cc1. The molecular weight excluding hydrogens is 275 g/mol. The summed E-state index contributed by atoms with van der Waals surface area (Å²) in [6.07, 6.45) is 2.40. The lowest BCUT2D eigenvalue weighted by Gasteiger charge is -2.24. The van der Waals surface area contributed by atoms with E-state index in [1.165, 1.54) is 35.9 Å². The third kappa shape index (κ3) is 2.32. The first-order chi connectivity index (χ1) is 10.8. The standard InChI is InChI=1S/C19H19FN2/c20-15-9-7-13(8-10-15)19-18(14-4-3-11-21-12-14)16-5-1-2-6-17(16)22-19/h1-2,5-10,14,21-22H,3-4,11-12H2. The Bertz CT molecular complexity index is 783. The Morgan fingerprint density at radius 2 is 1.82 bits per heavy atom. The van der Waals surface area contributed by atoms with E-state index in [1.807, 2.05) is 12.1 Å². The maximum Gasteiger partial charge on any atom is 0.123 e. The third-order valence-corrected chi connectivity index (χ3v) is 4.58. The van der Waals surface area contributed by atoms with Crippen LogP contribution in [0, 0.1) is 5.82 Å². The Hall–Kier alpha value is -2.13. The van der Waals surface area contributed by atoms with E-state index < -0.39 is 0 Å². The minimum absolute atomic E-state index is 0.194. The van der Waals surface area contributed by atoms with Gasteiger partial charge in [0.15, 0.2) is 0 Å². The summed E-state index contributed by atoms with van der Waals surface area (Å²) in [6, 6.07) is 15.2. The fraction of sp³-hybridized carbons (Fsp3) is 0.263. The second kappa shape index (κ2) is 5.58. The van der Waals surface area contributed by atoms with Gasteiger partial charge >= 0.3 is 0 Å². The van der Waals surface area contributed by atoms with Crippen molar-refractivity contribution in [1.29, 1.82) is 0 Å². The molecule has 2 heterocycles. The van der Waals surface area contributed by atoms with Crippen LogP contribution in [0.25, 0.3) is 22.2 Å². The first-order valence-corrected chi connectivity index (χ1v) is 7.90. The van der Waals surface area contributed by atoms with E-state index in [-0.39, 0.29) is 5.82 Å². The molecule has 1 saturated heterocycles. The molecule has 3 aromatic rings. The Morgan fingerprint density at radius 1 is 1.00 bits per heavy atom. The molecule has 1 aromatic heterocycles. The van der Waals surface area contributed by atoms with Crippen molar-refractivity contribution in [3.05, 3.63) is 59.9 Å². The normalized spacial score (nSPS) is 18.7. The predicted molar refractivity (Wildman–Crippen MR) is 88.5 cm³/mol. The van der Waals surface area contributed by atoms with Crippen molar-refractivity contribution in [2.45, 2.75) is 18.8 Å². The van der Waals surface area contributed by atoms with Gasteiger partial charge in [-0.25, -0.2) is 4.39 Å². The molecule has 1 aliphatic heterocycles. The van der Waals surface area contributed by atoms with Crippen LogP contribution in [0.4, 0.5) is 4.39 Å². The lowest BCUT2D eigenvalue weighted by Crippen LogP contribution is -2.28. The number of fused-ring (bicyclic) bond motifs is 1. The number of halogens is 1. The van der Waals surface area contributed by atoms with Gasteiger partial charge in [-0.15, -0.1) is 0 Å². The zero-order valence-electron chi connectivity index (χ0n) is 12.4. The summed E-state index contributed by atoms with van der Waals surface area (Å²) in [6.45, 7) is 2.11. The molecule has 0 aliphatic carbocycles. The molecule has 1 atom stereocenters. The van der Waals surface area contributed by atoms with E-state index in [9.17, 15) is 4.39 Å². The quantitative estimate of drug-likeness (QED) is 0.718. The van der Waals surface area contributed by atoms with Crippen LogP contribution >= 0.6 is 0 Å². The molecule has 4 rings (SSSR count). The monoisotopic (exact) mass is 294 g/mol. The number of hydrogen-bond donors (Lipinski definition) is 2. The van der Waals surface area contributed by atoms with Crippen molar-refractivity contribution < 1.29 is 4.39 Å². The summed E-state index contributed by atoms with van der Waals surface area (Å²) in [5, 5.41) is 4.79. The molecule has 2 N–H and O–H groups in total. The van der Waals surface area contributed by atoms with Crippen LogP contribution in [0.2, 0.25) is 0 Å². The molecule has 0 spiro atoms. The van der Waals surface area contributed by atoms with Crippen LogP contribution in [-0.2, 0) is 0 Å². The first kappa shape index (κ1) is 13.5. The minimum Gasteiger partial charge on any atom is -0.354 e. The van der Waals surface area contributed by atoms with Crippen LogP contribution in [0.3, 0.4) is 0 Å². The summed E-state index contributed by atoms with van der Waals surface area (Å²) >= 11 is 0. The third-order valence-electron chi connectivity index (χ3n) is 4.58. The number of nitrogens with one attached hydrogen (secondary N) is 2. The van der Waals surface area contributed by atoms with Gasteiger partial charge in [0.2, 0.25) is 0 Å². The molecule has 0 amide bonds. The van der Waals surface area contributed by atoms with Crippen LogP contribution in [0.15, 0.2) is 48.5 Å². The molecule has 2 nitrogen and oxygen atoms in total. The molecular formula is C19H19FN2. The smallest absolute Gasteiger partial charge is 0.123 e. The summed E-state index contributed by atoms with van der Waals surface area (Å²) in [4.78, 5) is 3.55. The van der Waals surface area contributed by atoms with Gasteiger partial charge in [-0.2, -0.15) is 0 Å². The van der Waals surface area contributed by atoms with Gasteiger partial charge in [0.1, 0.15) is 5.82 Å². The van der Waals surface area contributed by atoms with Gasteiger partial charge < -0.3 is 10.3 Å². The zero-order valence-corrected chi connectivity index (χ0v) is 12.4. The van der Waals surface area contributed by atoms with Gasteiger partial charge in [0.05, 0.1) is 5.69 Å². The lowest BCUT2D eigenvalue weighted by molar-refractivity contribution is 0.464. The van der Waals surface area contributed by atoms with E-state index >= 15 is 0 Å². The van der Waals surface area contributed by atoms with Crippen molar-refractivity contribution >= 4 is 10.9 Å². The van der Waals surface area contributed by atoms with Gasteiger partial charge in [0.25, 0.3) is 0 Å². The van der Waals surface area contributed by atoms with Crippen LogP contribution in [-0.4, -0.2) is 18.1 Å². The van der Waals surface area contributed by atoms with E-state index in [1.54, 1.807) is 0 Å². The largest absolute Gasteiger partial charge is 0.354 e. The predicted octanol–water partition coefficient (Wildman–Crippen LogP) is 4.44. The molecule has 2 aromatic carbocycles. The van der Waals surface area contributed by atoms with Gasteiger partial charge in [-0.3, -0.25) is 0 Å². The van der Waals surface area contributed by atoms with Crippen molar-refractivity contribution in [2.75, 3.05) is 13.1 Å². The number of rotatable bonds is 2. The molecule has 3 heteroatoms. The molecule has 0 saturated carbocycles. The molecule has 1 fully saturated rings. The van der Waals surface area contributed by atoms with Gasteiger partial charge in [-0.1, -0.05) is 18.2 Å². The van der Waals surface area contributed by atoms with Gasteiger partial charge in [0, 0.05) is 17.4 Å². The highest BCUT2D eigenvalue weighted by Crippen LogP contribution is 2.38. The topological polar surface area (TPSA) is 27.8 Å². The zero-order chi connectivity index (χ0) is 14.9. The highest BCUT2D eigenvalue weighted by atomic mass is 19.1. The molecule has 112 valence electrons. The number of hydrogen-bond acceptors (Lipinski definition) is 1. The summed E-state index contributed by atoms with van der Waals surface area (Å²) in [7, 11) is 0. The van der Waals surface area contributed by atoms with E-state index in [2.05, 4.69) is 34.6 Å². The number of aromatic amines is 1. The highest BCUT2D eigenvalue weighted by Gasteiger charge is 2.23. The Kier molecular flexibility index (Phi) is 3.43. The maximum absolute atomic E-state index is 13.2. The molecule has 22 heavy (non-hydrogen) atoms. The maximum atomic E-state index is 13.2. The minimum atomic E-state index is -0.194. The highest BCUT2D eigenvalue weighted by molar-refractivity contribution is 5.91. The van der Waals surface area contributed by atoms with Crippen LogP contribution in [0.5, 0.6) is 0 Å². The van der Waals surface area contributed by atoms with E-state index in [4.69, 9.17) is 0 Å². The Morgan fingerprint density at radius 3 is 2.59 bits per heavy atom. The number of benzene rings is 2. The Labute approximate surface area is 129 Å². The van der Waals surface area contributed by atoms with Crippen molar-refractivity contribution in [1.82, 2.24) is 10.3 Å². The van der Waals surface area contributed by atoms with Crippen LogP contribution < -0.4 is 5.32 Å². The Balaban J connectivity index is 1.90. The first-order valence-electron chi connectivity index (χ1n) is 7.90. The fourth-order valence-corrected chi connectivity index (χ4v) is 3.53. The van der Waals surface area contributed by atoms with E-state index in [0.29, 0.717) is 5.92 Å². The van der Waals surface area contributed by atoms with Gasteiger partial charge in [-0.05, 0) is 66.8 Å². The molecule has 1 aliphatic rings. The van der Waals surface area contributed by atoms with Crippen molar-refractivity contribution in [3.8, 4) is 11.3 Å². The van der Waals surface area contributed by atoms with E-state index in [0.717, 1.165) is 29.9 Å². The summed E-state index contributed by atoms with van der Waals surface area (Å²) in [5.41, 5.74) is 4.71. The molecule has 0 radical (unpaired) electrons. The lowest BCUT2D eigenvalue weighted by atomic mass is 9.88. The fourth-order valence-electron chi connectivity index (χ4n) is 3.53. The average Bonchev–Trinajstić information content (AvgIpc) is 2.96. The summed E-state index contributed by atoms with van der Waals surface area (Å²) < 4.78 is 13.2. The van der Waals surface area contributed by atoms with Crippen LogP contribution in [0.1, 0.15) is 24.3 Å². The number of para-hydroxylation sites is 1. The van der Waals surface area contributed by atoms with Crippen molar-refractivity contribution in [3.63, 3.8) is 0 Å².